The lowest BCUT2D eigenvalue weighted by Gasteiger charge is -2.35. The summed E-state index contributed by atoms with van der Waals surface area (Å²) in [6.07, 6.45) is 4.20. The Morgan fingerprint density at radius 1 is 1.29 bits per heavy atom. The number of hydrogen-bond donors (Lipinski definition) is 0. The van der Waals surface area contributed by atoms with E-state index in [2.05, 4.69) is 10.3 Å². The zero-order valence-corrected chi connectivity index (χ0v) is 15.7. The van der Waals surface area contributed by atoms with Gasteiger partial charge in [0.1, 0.15) is 0 Å². The molecule has 146 valence electrons. The molecule has 0 radical (unpaired) electrons. The number of benzene rings is 1. The molecule has 1 unspecified atom stereocenters. The molecule has 8 heteroatoms. The van der Waals surface area contributed by atoms with E-state index in [1.54, 1.807) is 16.6 Å². The van der Waals surface area contributed by atoms with E-state index in [-0.39, 0.29) is 11.6 Å². The van der Waals surface area contributed by atoms with E-state index >= 15 is 0 Å². The zero-order valence-electron chi connectivity index (χ0n) is 15.7. The standard InChI is InChI=1S/C20H20F2N4O2/c1-12-10-17(28-24-12)14-11-25(2)23-19(14)16-8-3-4-9-26(16)20(27)13-6-5-7-15(21)18(13)22/h5-7,10-11,16H,3-4,8-9H2,1-2H3. The summed E-state index contributed by atoms with van der Waals surface area (Å²) in [6.45, 7) is 2.27. The van der Waals surface area contributed by atoms with Gasteiger partial charge in [0.05, 0.1) is 28.6 Å². The van der Waals surface area contributed by atoms with Crippen LogP contribution in [0, 0.1) is 18.6 Å². The van der Waals surface area contributed by atoms with Crippen molar-refractivity contribution in [2.24, 2.45) is 7.05 Å². The van der Waals surface area contributed by atoms with E-state index in [0.29, 0.717) is 24.4 Å². The van der Waals surface area contributed by atoms with Crippen LogP contribution in [-0.4, -0.2) is 32.3 Å². The molecule has 2 aromatic heterocycles. The molecular weight excluding hydrogens is 366 g/mol. The predicted molar refractivity (Wildman–Crippen MR) is 97.4 cm³/mol. The highest BCUT2D eigenvalue weighted by molar-refractivity contribution is 5.95. The van der Waals surface area contributed by atoms with Gasteiger partial charge in [0.25, 0.3) is 5.91 Å². The van der Waals surface area contributed by atoms with Crippen LogP contribution in [0.2, 0.25) is 0 Å². The molecule has 1 aliphatic heterocycles. The average Bonchev–Trinajstić information content (AvgIpc) is 3.29. The smallest absolute Gasteiger partial charge is 0.257 e. The second kappa shape index (κ2) is 7.18. The van der Waals surface area contributed by atoms with Gasteiger partial charge < -0.3 is 9.42 Å². The molecule has 1 aliphatic rings. The molecule has 1 aromatic carbocycles. The predicted octanol–water partition coefficient (Wildman–Crippen LogP) is 4.03. The van der Waals surface area contributed by atoms with Gasteiger partial charge in [0, 0.05) is 25.9 Å². The van der Waals surface area contributed by atoms with Crippen LogP contribution in [0.1, 0.15) is 47.1 Å². The van der Waals surface area contributed by atoms with E-state index in [4.69, 9.17) is 4.52 Å². The van der Waals surface area contributed by atoms with Gasteiger partial charge in [-0.25, -0.2) is 8.78 Å². The van der Waals surface area contributed by atoms with Gasteiger partial charge in [-0.05, 0) is 38.3 Å². The minimum atomic E-state index is -1.12. The molecule has 0 saturated carbocycles. The Morgan fingerprint density at radius 2 is 2.11 bits per heavy atom. The summed E-state index contributed by atoms with van der Waals surface area (Å²) in [5.41, 5.74) is 1.89. The number of nitrogens with zero attached hydrogens (tertiary/aromatic N) is 4. The highest BCUT2D eigenvalue weighted by Gasteiger charge is 2.34. The van der Waals surface area contributed by atoms with Crippen molar-refractivity contribution < 1.29 is 18.1 Å². The summed E-state index contributed by atoms with van der Waals surface area (Å²) in [5.74, 6) is -2.12. The lowest BCUT2D eigenvalue weighted by atomic mass is 9.95. The molecule has 1 atom stereocenters. The summed E-state index contributed by atoms with van der Waals surface area (Å²) in [6, 6.07) is 5.11. The van der Waals surface area contributed by atoms with E-state index in [9.17, 15) is 13.6 Å². The Kier molecular flexibility index (Phi) is 4.70. The molecule has 4 rings (SSSR count). The normalized spacial score (nSPS) is 17.1. The number of aromatic nitrogens is 3. The van der Waals surface area contributed by atoms with Crippen molar-refractivity contribution in [3.8, 4) is 11.3 Å². The second-order valence-electron chi connectivity index (χ2n) is 7.05. The topological polar surface area (TPSA) is 64.2 Å². The molecular formula is C20H20F2N4O2. The number of hydrogen-bond acceptors (Lipinski definition) is 4. The third kappa shape index (κ3) is 3.19. The molecule has 0 bridgehead atoms. The van der Waals surface area contributed by atoms with Crippen LogP contribution in [-0.2, 0) is 7.05 Å². The minimum Gasteiger partial charge on any atom is -0.356 e. The Labute approximate surface area is 160 Å². The highest BCUT2D eigenvalue weighted by Crippen LogP contribution is 2.37. The fourth-order valence-corrected chi connectivity index (χ4v) is 3.71. The molecule has 0 N–H and O–H groups in total. The van der Waals surface area contributed by atoms with Crippen molar-refractivity contribution in [2.45, 2.75) is 32.2 Å². The number of aryl methyl sites for hydroxylation is 2. The van der Waals surface area contributed by atoms with E-state index in [1.807, 2.05) is 19.2 Å². The summed E-state index contributed by atoms with van der Waals surface area (Å²) in [7, 11) is 1.79. The van der Waals surface area contributed by atoms with Crippen molar-refractivity contribution in [3.63, 3.8) is 0 Å². The second-order valence-corrected chi connectivity index (χ2v) is 7.05. The van der Waals surface area contributed by atoms with E-state index in [0.717, 1.165) is 30.2 Å². The van der Waals surface area contributed by atoms with Crippen LogP contribution in [0.25, 0.3) is 11.3 Å². The van der Waals surface area contributed by atoms with Gasteiger partial charge in [0.2, 0.25) is 0 Å². The largest absolute Gasteiger partial charge is 0.356 e. The van der Waals surface area contributed by atoms with Crippen LogP contribution in [0.15, 0.2) is 35.0 Å². The van der Waals surface area contributed by atoms with Crippen LogP contribution >= 0.6 is 0 Å². The van der Waals surface area contributed by atoms with E-state index < -0.39 is 17.5 Å². The molecule has 6 nitrogen and oxygen atoms in total. The van der Waals surface area contributed by atoms with Crippen LogP contribution in [0.5, 0.6) is 0 Å². The van der Waals surface area contributed by atoms with Crippen LogP contribution in [0.4, 0.5) is 8.78 Å². The van der Waals surface area contributed by atoms with Crippen molar-refractivity contribution in [3.05, 3.63) is 59.0 Å². The molecule has 3 heterocycles. The van der Waals surface area contributed by atoms with Gasteiger partial charge in [-0.15, -0.1) is 0 Å². The van der Waals surface area contributed by atoms with Gasteiger partial charge in [0.15, 0.2) is 17.4 Å². The van der Waals surface area contributed by atoms with E-state index in [1.165, 1.54) is 12.1 Å². The first-order valence-electron chi connectivity index (χ1n) is 9.18. The average molecular weight is 386 g/mol. The molecule has 0 aliphatic carbocycles. The van der Waals surface area contributed by atoms with Gasteiger partial charge in [-0.3, -0.25) is 9.48 Å². The molecule has 28 heavy (non-hydrogen) atoms. The Hall–Kier alpha value is -3.03. The highest BCUT2D eigenvalue weighted by atomic mass is 19.2. The third-order valence-corrected chi connectivity index (χ3v) is 5.01. The first-order valence-corrected chi connectivity index (χ1v) is 9.18. The van der Waals surface area contributed by atoms with Crippen molar-refractivity contribution in [2.75, 3.05) is 6.54 Å². The summed E-state index contributed by atoms with van der Waals surface area (Å²) >= 11 is 0. The van der Waals surface area contributed by atoms with Gasteiger partial charge >= 0.3 is 0 Å². The third-order valence-electron chi connectivity index (χ3n) is 5.01. The zero-order chi connectivity index (χ0) is 19.8. The quantitative estimate of drug-likeness (QED) is 0.682. The number of likely N-dealkylation sites (tertiary alicyclic amines) is 1. The molecule has 1 saturated heterocycles. The fraction of sp³-hybridized carbons (Fsp3) is 0.350. The lowest BCUT2D eigenvalue weighted by molar-refractivity contribution is 0.0600. The maximum Gasteiger partial charge on any atom is 0.257 e. The summed E-state index contributed by atoms with van der Waals surface area (Å²) in [5, 5.41) is 8.48. The summed E-state index contributed by atoms with van der Waals surface area (Å²) in [4.78, 5) is 14.6. The molecule has 1 fully saturated rings. The SMILES string of the molecule is Cc1cc(-c2cn(C)nc2C2CCCCN2C(=O)c2cccc(F)c2F)on1. The molecule has 0 spiro atoms. The number of carbonyl (C=O) groups excluding carboxylic acids is 1. The molecule has 1 amide bonds. The first kappa shape index (κ1) is 18.3. The summed E-state index contributed by atoms with van der Waals surface area (Å²) < 4.78 is 34.9. The maximum atomic E-state index is 14.2. The Bertz CT molecular complexity index is 1030. The molecule has 3 aromatic rings. The van der Waals surface area contributed by atoms with Crippen molar-refractivity contribution in [1.29, 1.82) is 0 Å². The van der Waals surface area contributed by atoms with Crippen LogP contribution < -0.4 is 0 Å². The fourth-order valence-electron chi connectivity index (χ4n) is 3.71. The number of rotatable bonds is 3. The van der Waals surface area contributed by atoms with Gasteiger partial charge in [-0.1, -0.05) is 11.2 Å². The number of amides is 1. The lowest BCUT2D eigenvalue weighted by Crippen LogP contribution is -2.39. The van der Waals surface area contributed by atoms with Crippen LogP contribution in [0.3, 0.4) is 0 Å². The van der Waals surface area contributed by atoms with Crippen molar-refractivity contribution >= 4 is 5.91 Å². The maximum absolute atomic E-state index is 14.2. The van der Waals surface area contributed by atoms with Crippen molar-refractivity contribution in [1.82, 2.24) is 19.8 Å². The monoisotopic (exact) mass is 386 g/mol. The van der Waals surface area contributed by atoms with Gasteiger partial charge in [-0.2, -0.15) is 5.10 Å². The minimum absolute atomic E-state index is 0.264. The number of piperidine rings is 1. The first-order chi connectivity index (χ1) is 13.5. The Morgan fingerprint density at radius 3 is 2.86 bits per heavy atom. The Balaban J connectivity index is 1.74. The number of halogens is 2. The number of carbonyl (C=O) groups is 1.